The van der Waals surface area contributed by atoms with Crippen LogP contribution in [0.4, 0.5) is 5.69 Å². The Morgan fingerprint density at radius 1 is 1.00 bits per heavy atom. The fraction of sp³-hybridized carbons (Fsp3) is 0.409. The predicted octanol–water partition coefficient (Wildman–Crippen LogP) is 3.27. The molecule has 3 rings (SSSR count). The summed E-state index contributed by atoms with van der Waals surface area (Å²) in [5.74, 6) is 3.26. The average molecular weight is 526 g/mol. The monoisotopic (exact) mass is 526 g/mol. The summed E-state index contributed by atoms with van der Waals surface area (Å²) in [5, 5.41) is 6.91. The molecule has 1 heterocycles. The van der Waals surface area contributed by atoms with Crippen LogP contribution in [0.5, 0.6) is 17.2 Å². The maximum atomic E-state index is 5.39. The minimum Gasteiger partial charge on any atom is -0.497 e. The molecule has 2 aromatic carbocycles. The molecule has 1 aliphatic heterocycles. The molecule has 1 saturated heterocycles. The smallest absolute Gasteiger partial charge is 0.191 e. The predicted molar refractivity (Wildman–Crippen MR) is 132 cm³/mol. The zero-order valence-corrected chi connectivity index (χ0v) is 20.3. The second-order valence-corrected chi connectivity index (χ2v) is 6.92. The number of methoxy groups -OCH3 is 3. The zero-order chi connectivity index (χ0) is 20.6. The van der Waals surface area contributed by atoms with Crippen molar-refractivity contribution in [3.8, 4) is 17.2 Å². The van der Waals surface area contributed by atoms with E-state index < -0.39 is 0 Å². The Morgan fingerprint density at radius 2 is 1.63 bits per heavy atom. The summed E-state index contributed by atoms with van der Waals surface area (Å²) in [6.07, 6.45) is 1.03. The molecule has 1 fully saturated rings. The normalized spacial score (nSPS) is 15.9. The number of rotatable bonds is 7. The van der Waals surface area contributed by atoms with Crippen molar-refractivity contribution in [3.63, 3.8) is 0 Å². The highest BCUT2D eigenvalue weighted by Crippen LogP contribution is 2.30. The third-order valence-electron chi connectivity index (χ3n) is 5.07. The molecule has 0 bridgehead atoms. The highest BCUT2D eigenvalue weighted by atomic mass is 127. The first-order valence-corrected chi connectivity index (χ1v) is 9.73. The third kappa shape index (κ3) is 6.32. The second-order valence-electron chi connectivity index (χ2n) is 6.92. The Bertz CT molecular complexity index is 807. The fourth-order valence-electron chi connectivity index (χ4n) is 3.40. The van der Waals surface area contributed by atoms with Crippen LogP contribution in [0.1, 0.15) is 12.0 Å². The summed E-state index contributed by atoms with van der Waals surface area (Å²) in [6, 6.07) is 14.3. The van der Waals surface area contributed by atoms with Crippen LogP contribution in [0.25, 0.3) is 0 Å². The quantitative estimate of drug-likeness (QED) is 0.328. The van der Waals surface area contributed by atoms with E-state index in [4.69, 9.17) is 14.2 Å². The van der Waals surface area contributed by atoms with Gasteiger partial charge in [0.15, 0.2) is 5.96 Å². The Balaban J connectivity index is 0.00000320. The van der Waals surface area contributed by atoms with E-state index in [-0.39, 0.29) is 24.0 Å². The van der Waals surface area contributed by atoms with Crippen molar-refractivity contribution < 1.29 is 14.2 Å². The summed E-state index contributed by atoms with van der Waals surface area (Å²) in [6.45, 7) is 2.55. The maximum absolute atomic E-state index is 5.39. The van der Waals surface area contributed by atoms with Gasteiger partial charge in [0.05, 0.1) is 21.3 Å². The Hall–Kier alpha value is -2.36. The second kappa shape index (κ2) is 11.7. The third-order valence-corrected chi connectivity index (χ3v) is 5.07. The molecule has 0 aliphatic carbocycles. The van der Waals surface area contributed by atoms with E-state index in [1.807, 2.05) is 42.5 Å². The molecule has 0 aromatic heterocycles. The molecule has 0 radical (unpaired) electrons. The van der Waals surface area contributed by atoms with E-state index >= 15 is 0 Å². The van der Waals surface area contributed by atoms with Gasteiger partial charge in [-0.2, -0.15) is 0 Å². The first-order valence-electron chi connectivity index (χ1n) is 9.73. The largest absolute Gasteiger partial charge is 0.497 e. The minimum absolute atomic E-state index is 0. The van der Waals surface area contributed by atoms with Crippen LogP contribution in [-0.2, 0) is 6.54 Å². The number of nitrogens with one attached hydrogen (secondary N) is 2. The van der Waals surface area contributed by atoms with Crippen molar-refractivity contribution >= 4 is 35.6 Å². The molecule has 7 nitrogen and oxygen atoms in total. The molecular formula is C22H31IN4O3. The van der Waals surface area contributed by atoms with Crippen LogP contribution >= 0.6 is 24.0 Å². The molecule has 2 N–H and O–H groups in total. The number of ether oxygens (including phenoxy) is 3. The van der Waals surface area contributed by atoms with E-state index in [1.54, 1.807) is 28.4 Å². The Kier molecular flexibility index (Phi) is 9.35. The molecule has 1 unspecified atom stereocenters. The minimum atomic E-state index is 0. The molecule has 0 amide bonds. The number of halogens is 1. The van der Waals surface area contributed by atoms with Gasteiger partial charge in [-0.3, -0.25) is 4.99 Å². The van der Waals surface area contributed by atoms with Crippen molar-refractivity contribution in [3.05, 3.63) is 48.0 Å². The zero-order valence-electron chi connectivity index (χ0n) is 18.0. The van der Waals surface area contributed by atoms with Gasteiger partial charge in [-0.25, -0.2) is 0 Å². The van der Waals surface area contributed by atoms with E-state index in [0.717, 1.165) is 48.4 Å². The number of guanidine groups is 1. The van der Waals surface area contributed by atoms with Gasteiger partial charge < -0.3 is 29.7 Å². The van der Waals surface area contributed by atoms with Crippen LogP contribution in [0.15, 0.2) is 47.5 Å². The summed E-state index contributed by atoms with van der Waals surface area (Å²) < 4.78 is 16.0. The number of aliphatic imine (C=N–C) groups is 1. The Morgan fingerprint density at radius 3 is 2.20 bits per heavy atom. The van der Waals surface area contributed by atoms with Gasteiger partial charge in [0.25, 0.3) is 0 Å². The topological polar surface area (TPSA) is 67.4 Å². The van der Waals surface area contributed by atoms with Crippen molar-refractivity contribution in [2.24, 2.45) is 4.99 Å². The lowest BCUT2D eigenvalue weighted by molar-refractivity contribution is 0.394. The number of hydrogen-bond acceptors (Lipinski definition) is 5. The van der Waals surface area contributed by atoms with Crippen molar-refractivity contribution in [1.82, 2.24) is 10.6 Å². The van der Waals surface area contributed by atoms with Crippen molar-refractivity contribution in [1.29, 1.82) is 0 Å². The first-order chi connectivity index (χ1) is 14.1. The summed E-state index contributed by atoms with van der Waals surface area (Å²) >= 11 is 0. The lowest BCUT2D eigenvalue weighted by Gasteiger charge is -2.21. The lowest BCUT2D eigenvalue weighted by Crippen LogP contribution is -2.44. The highest BCUT2D eigenvalue weighted by molar-refractivity contribution is 14.0. The number of benzene rings is 2. The molecule has 8 heteroatoms. The maximum Gasteiger partial charge on any atom is 0.191 e. The van der Waals surface area contributed by atoms with E-state index in [9.17, 15) is 0 Å². The fourth-order valence-corrected chi connectivity index (χ4v) is 3.40. The van der Waals surface area contributed by atoms with Crippen molar-refractivity contribution in [2.45, 2.75) is 19.0 Å². The molecule has 1 atom stereocenters. The van der Waals surface area contributed by atoms with Crippen molar-refractivity contribution in [2.75, 3.05) is 46.4 Å². The van der Waals surface area contributed by atoms with Crippen LogP contribution < -0.4 is 29.7 Å². The van der Waals surface area contributed by atoms with Crippen LogP contribution in [-0.4, -0.2) is 53.5 Å². The summed E-state index contributed by atoms with van der Waals surface area (Å²) in [4.78, 5) is 6.70. The van der Waals surface area contributed by atoms with Crippen LogP contribution in [0.3, 0.4) is 0 Å². The molecule has 0 spiro atoms. The molecule has 2 aromatic rings. The number of hydrogen-bond donors (Lipinski definition) is 2. The molecule has 0 saturated carbocycles. The number of anilines is 1. The Labute approximate surface area is 195 Å². The molecule has 30 heavy (non-hydrogen) atoms. The lowest BCUT2D eigenvalue weighted by atomic mass is 10.2. The van der Waals surface area contributed by atoms with Gasteiger partial charge in [0.1, 0.15) is 17.2 Å². The van der Waals surface area contributed by atoms with Gasteiger partial charge in [0.2, 0.25) is 0 Å². The first kappa shape index (κ1) is 23.9. The SMILES string of the molecule is CN=C(NCc1ccc(OC)cc1)NC1CCN(c2cc(OC)cc(OC)c2)C1.I. The summed E-state index contributed by atoms with van der Waals surface area (Å²) in [7, 11) is 6.81. The molecular weight excluding hydrogens is 495 g/mol. The van der Waals surface area contributed by atoms with Gasteiger partial charge in [-0.05, 0) is 24.1 Å². The average Bonchev–Trinajstić information content (AvgIpc) is 3.25. The van der Waals surface area contributed by atoms with Gasteiger partial charge in [-0.15, -0.1) is 24.0 Å². The van der Waals surface area contributed by atoms with Gasteiger partial charge >= 0.3 is 0 Å². The molecule has 1 aliphatic rings. The van der Waals surface area contributed by atoms with E-state index in [2.05, 4.69) is 20.5 Å². The summed E-state index contributed by atoms with van der Waals surface area (Å²) in [5.41, 5.74) is 2.27. The molecule has 164 valence electrons. The highest BCUT2D eigenvalue weighted by Gasteiger charge is 2.24. The van der Waals surface area contributed by atoms with Crippen LogP contribution in [0, 0.1) is 0 Å². The van der Waals surface area contributed by atoms with E-state index in [0.29, 0.717) is 12.6 Å². The standard InChI is InChI=1S/C22H30N4O3.HI/c1-23-22(24-14-16-5-7-19(27-2)8-6-16)25-17-9-10-26(15-17)18-11-20(28-3)13-21(12-18)29-4;/h5-8,11-13,17H,9-10,14-15H2,1-4H3,(H2,23,24,25);1H. The van der Waals surface area contributed by atoms with Crippen LogP contribution in [0.2, 0.25) is 0 Å². The van der Waals surface area contributed by atoms with E-state index in [1.165, 1.54) is 5.56 Å². The number of nitrogens with zero attached hydrogens (tertiary/aromatic N) is 2. The van der Waals surface area contributed by atoms with Gasteiger partial charge in [-0.1, -0.05) is 12.1 Å². The van der Waals surface area contributed by atoms with Gasteiger partial charge in [0, 0.05) is 56.6 Å².